The number of alkyl halides is 3. The summed E-state index contributed by atoms with van der Waals surface area (Å²) in [6, 6.07) is 6.04. The average Bonchev–Trinajstić information content (AvgIpc) is 3.43. The van der Waals surface area contributed by atoms with Gasteiger partial charge >= 0.3 is 18.2 Å². The van der Waals surface area contributed by atoms with Gasteiger partial charge in [0.1, 0.15) is 18.1 Å². The molecular weight excluding hydrogens is 421 g/mol. The molecule has 1 amide bonds. The molecule has 0 aliphatic carbocycles. The van der Waals surface area contributed by atoms with Crippen LogP contribution in [0.1, 0.15) is 11.5 Å². The second-order valence-electron chi connectivity index (χ2n) is 6.07. The third-order valence-corrected chi connectivity index (χ3v) is 4.13. The third-order valence-electron chi connectivity index (χ3n) is 4.13. The summed E-state index contributed by atoms with van der Waals surface area (Å²) in [7, 11) is 1.48. The highest BCUT2D eigenvalue weighted by atomic mass is 19.4. The van der Waals surface area contributed by atoms with Crippen molar-refractivity contribution in [1.29, 1.82) is 0 Å². The van der Waals surface area contributed by atoms with Gasteiger partial charge in [0.15, 0.2) is 0 Å². The first kappa shape index (κ1) is 20.1. The van der Waals surface area contributed by atoms with Gasteiger partial charge in [0.25, 0.3) is 0 Å². The fourth-order valence-corrected chi connectivity index (χ4v) is 2.75. The van der Waals surface area contributed by atoms with Crippen LogP contribution in [0.2, 0.25) is 0 Å². The minimum absolute atomic E-state index is 0.0838. The smallest absolute Gasteiger partial charge is 0.471 e. The minimum Gasteiger partial charge on any atom is -0.496 e. The summed E-state index contributed by atoms with van der Waals surface area (Å²) in [4.78, 5) is 19.5. The van der Waals surface area contributed by atoms with Gasteiger partial charge in [0, 0.05) is 18.0 Å². The Morgan fingerprint density at radius 1 is 1.23 bits per heavy atom. The van der Waals surface area contributed by atoms with Crippen molar-refractivity contribution < 1.29 is 32.0 Å². The Hall–Kier alpha value is -4.16. The molecule has 0 radical (unpaired) electrons. The molecule has 4 rings (SSSR count). The topological polar surface area (TPSA) is 117 Å². The molecule has 1 N–H and O–H groups in total. The van der Waals surface area contributed by atoms with E-state index in [-0.39, 0.29) is 18.1 Å². The van der Waals surface area contributed by atoms with Crippen LogP contribution in [-0.4, -0.2) is 37.9 Å². The highest BCUT2D eigenvalue weighted by Gasteiger charge is 2.38. The zero-order valence-corrected chi connectivity index (χ0v) is 15.8. The third kappa shape index (κ3) is 4.10. The predicted octanol–water partition coefficient (Wildman–Crippen LogP) is 3.56. The van der Waals surface area contributed by atoms with Gasteiger partial charge in [-0.05, 0) is 24.3 Å². The number of nitrogens with zero attached hydrogens (tertiary/aromatic N) is 5. The van der Waals surface area contributed by atoms with E-state index in [0.29, 0.717) is 22.5 Å². The van der Waals surface area contributed by atoms with Crippen LogP contribution in [0.4, 0.5) is 23.7 Å². The fourth-order valence-electron chi connectivity index (χ4n) is 2.75. The first-order valence-electron chi connectivity index (χ1n) is 8.65. The molecule has 0 saturated carbocycles. The zero-order valence-electron chi connectivity index (χ0n) is 15.8. The van der Waals surface area contributed by atoms with Crippen LogP contribution in [0.5, 0.6) is 5.75 Å². The maximum Gasteiger partial charge on any atom is 0.471 e. The molecule has 0 spiro atoms. The lowest BCUT2D eigenvalue weighted by Crippen LogP contribution is -2.15. The summed E-state index contributed by atoms with van der Waals surface area (Å²) in [5, 5.41) is 9.96. The van der Waals surface area contributed by atoms with Crippen LogP contribution in [0.3, 0.4) is 0 Å². The standard InChI is InChI=1S/C18H13F3N6O4/c1-29-14-5-6-22-8-10(14)9-30-17(28)24-11-2-3-13(27-12(11)4-7-23-27)15-25-16(31-26-15)18(19,20)21/h2-8H,9H2,1H3,(H,24,28). The number of rotatable bonds is 5. The summed E-state index contributed by atoms with van der Waals surface area (Å²) >= 11 is 0. The van der Waals surface area contributed by atoms with Crippen molar-refractivity contribution in [1.82, 2.24) is 24.7 Å². The summed E-state index contributed by atoms with van der Waals surface area (Å²) in [5.74, 6) is -1.26. The van der Waals surface area contributed by atoms with E-state index < -0.39 is 18.2 Å². The molecule has 160 valence electrons. The Bertz CT molecular complexity index is 1240. The van der Waals surface area contributed by atoms with Gasteiger partial charge in [0.2, 0.25) is 5.82 Å². The van der Waals surface area contributed by atoms with Crippen molar-refractivity contribution >= 4 is 17.3 Å². The van der Waals surface area contributed by atoms with Crippen molar-refractivity contribution in [3.63, 3.8) is 0 Å². The van der Waals surface area contributed by atoms with E-state index in [1.165, 1.54) is 36.2 Å². The molecular formula is C18H13F3N6O4. The molecule has 0 fully saturated rings. The molecule has 0 aliphatic heterocycles. The molecule has 13 heteroatoms. The predicted molar refractivity (Wildman–Crippen MR) is 98.1 cm³/mol. The Morgan fingerprint density at radius 3 is 2.81 bits per heavy atom. The summed E-state index contributed by atoms with van der Waals surface area (Å²) in [6.07, 6.45) is -1.07. The molecule has 4 aromatic rings. The van der Waals surface area contributed by atoms with Crippen molar-refractivity contribution in [2.75, 3.05) is 12.4 Å². The van der Waals surface area contributed by atoms with E-state index in [1.807, 2.05) is 0 Å². The number of ether oxygens (including phenoxy) is 2. The number of aromatic nitrogens is 5. The lowest BCUT2D eigenvalue weighted by molar-refractivity contribution is -0.159. The number of carbonyl (C=O) groups is 1. The minimum atomic E-state index is -4.77. The number of methoxy groups -OCH3 is 1. The van der Waals surface area contributed by atoms with E-state index in [2.05, 4.69) is 30.1 Å². The maximum atomic E-state index is 12.7. The van der Waals surface area contributed by atoms with E-state index in [9.17, 15) is 18.0 Å². The van der Waals surface area contributed by atoms with Gasteiger partial charge in [-0.15, -0.1) is 0 Å². The Kier molecular flexibility index (Phi) is 5.15. The van der Waals surface area contributed by atoms with E-state index in [4.69, 9.17) is 9.47 Å². The highest BCUT2D eigenvalue weighted by molar-refractivity contribution is 5.91. The molecule has 0 aliphatic rings. The number of anilines is 1. The summed E-state index contributed by atoms with van der Waals surface area (Å²) < 4.78 is 54.1. The van der Waals surface area contributed by atoms with Crippen LogP contribution in [0.15, 0.2) is 47.4 Å². The number of amides is 1. The normalized spacial score (nSPS) is 11.5. The van der Waals surface area contributed by atoms with Gasteiger partial charge in [0.05, 0.1) is 24.5 Å². The molecule has 0 bridgehead atoms. The van der Waals surface area contributed by atoms with Crippen molar-refractivity contribution in [3.05, 3.63) is 54.3 Å². The second-order valence-corrected chi connectivity index (χ2v) is 6.07. The van der Waals surface area contributed by atoms with Gasteiger partial charge in [-0.2, -0.15) is 23.3 Å². The van der Waals surface area contributed by atoms with Crippen LogP contribution < -0.4 is 10.1 Å². The molecule has 4 aromatic heterocycles. The number of fused-ring (bicyclic) bond motifs is 1. The monoisotopic (exact) mass is 434 g/mol. The zero-order chi connectivity index (χ0) is 22.0. The number of carbonyl (C=O) groups excluding carboxylic acids is 1. The largest absolute Gasteiger partial charge is 0.496 e. The Labute approximate surface area is 171 Å². The van der Waals surface area contributed by atoms with Crippen LogP contribution >= 0.6 is 0 Å². The lowest BCUT2D eigenvalue weighted by Gasteiger charge is -2.11. The molecule has 0 unspecified atom stereocenters. The van der Waals surface area contributed by atoms with Crippen molar-refractivity contribution in [3.8, 4) is 17.3 Å². The molecule has 0 saturated heterocycles. The van der Waals surface area contributed by atoms with Gasteiger partial charge in [-0.3, -0.25) is 10.3 Å². The van der Waals surface area contributed by atoms with Crippen molar-refractivity contribution in [2.45, 2.75) is 12.8 Å². The molecule has 31 heavy (non-hydrogen) atoms. The van der Waals surface area contributed by atoms with Crippen LogP contribution in [0, 0.1) is 0 Å². The second kappa shape index (κ2) is 7.93. The van der Waals surface area contributed by atoms with Crippen LogP contribution in [-0.2, 0) is 17.5 Å². The SMILES string of the molecule is COc1ccncc1COC(=O)Nc1ccc(-c2noc(C(F)(F)F)n2)n2nccc12. The lowest BCUT2D eigenvalue weighted by atomic mass is 10.2. The van der Waals surface area contributed by atoms with E-state index >= 15 is 0 Å². The molecule has 0 aromatic carbocycles. The number of nitrogens with one attached hydrogen (secondary N) is 1. The van der Waals surface area contributed by atoms with E-state index in [1.54, 1.807) is 18.3 Å². The summed E-state index contributed by atoms with van der Waals surface area (Å²) in [6.45, 7) is -0.0838. The first-order chi connectivity index (χ1) is 14.9. The number of hydrogen-bond donors (Lipinski definition) is 1. The molecule has 0 atom stereocenters. The Balaban J connectivity index is 1.53. The maximum absolute atomic E-state index is 12.7. The number of pyridine rings is 2. The molecule has 10 nitrogen and oxygen atoms in total. The first-order valence-corrected chi connectivity index (χ1v) is 8.65. The Morgan fingerprint density at radius 2 is 2.06 bits per heavy atom. The molecule has 4 heterocycles. The highest BCUT2D eigenvalue weighted by Crippen LogP contribution is 2.30. The summed E-state index contributed by atoms with van der Waals surface area (Å²) in [5.41, 5.74) is 1.40. The van der Waals surface area contributed by atoms with Crippen LogP contribution in [0.25, 0.3) is 17.0 Å². The van der Waals surface area contributed by atoms with Gasteiger partial charge in [-0.25, -0.2) is 9.31 Å². The average molecular weight is 434 g/mol. The van der Waals surface area contributed by atoms with Gasteiger partial charge in [-0.1, -0.05) is 5.16 Å². The van der Waals surface area contributed by atoms with Crippen molar-refractivity contribution in [2.24, 2.45) is 0 Å². The van der Waals surface area contributed by atoms with Gasteiger partial charge < -0.3 is 14.0 Å². The fraction of sp³-hybridized carbons (Fsp3) is 0.167. The quantitative estimate of drug-likeness (QED) is 0.507. The number of halogens is 3. The van der Waals surface area contributed by atoms with E-state index in [0.717, 1.165) is 0 Å². The number of hydrogen-bond acceptors (Lipinski definition) is 8.